The molecule has 0 radical (unpaired) electrons. The highest BCUT2D eigenvalue weighted by atomic mass is 16.6. The summed E-state index contributed by atoms with van der Waals surface area (Å²) in [5.74, 6) is 4.19. The molecule has 0 spiro atoms. The van der Waals surface area contributed by atoms with E-state index in [1.54, 1.807) is 0 Å². The molecule has 0 aliphatic carbocycles. The summed E-state index contributed by atoms with van der Waals surface area (Å²) in [5, 5.41) is 21.5. The predicted octanol–water partition coefficient (Wildman–Crippen LogP) is -1.31. The van der Waals surface area contributed by atoms with Crippen LogP contribution in [0.3, 0.4) is 0 Å². The SMILES string of the molecule is NNC(=O)c1cn(CCn2ccc([N+](=O)[O-])n2)nn1. The molecule has 100 valence electrons. The van der Waals surface area contributed by atoms with Gasteiger partial charge in [-0.05, 0) is 4.92 Å². The third kappa shape index (κ3) is 2.90. The van der Waals surface area contributed by atoms with Crippen LogP contribution in [0.15, 0.2) is 18.5 Å². The van der Waals surface area contributed by atoms with E-state index >= 15 is 0 Å². The van der Waals surface area contributed by atoms with E-state index in [1.807, 2.05) is 5.43 Å². The fraction of sp³-hybridized carbons (Fsp3) is 0.250. The molecule has 0 aliphatic rings. The van der Waals surface area contributed by atoms with Crippen molar-refractivity contribution in [2.45, 2.75) is 13.1 Å². The van der Waals surface area contributed by atoms with Gasteiger partial charge in [-0.2, -0.15) is 4.68 Å². The number of hydrogen-bond donors (Lipinski definition) is 2. The number of nitrogens with one attached hydrogen (secondary N) is 1. The van der Waals surface area contributed by atoms with Crippen LogP contribution in [-0.2, 0) is 13.1 Å². The summed E-state index contributed by atoms with van der Waals surface area (Å²) >= 11 is 0. The van der Waals surface area contributed by atoms with Crippen molar-refractivity contribution < 1.29 is 9.72 Å². The average molecular weight is 266 g/mol. The van der Waals surface area contributed by atoms with Crippen LogP contribution in [0.25, 0.3) is 0 Å². The average Bonchev–Trinajstić information content (AvgIpc) is 3.04. The highest BCUT2D eigenvalue weighted by molar-refractivity contribution is 5.91. The maximum atomic E-state index is 11.1. The first-order valence-electron chi connectivity index (χ1n) is 5.19. The number of hydrazine groups is 1. The van der Waals surface area contributed by atoms with Crippen LogP contribution in [0.5, 0.6) is 0 Å². The van der Waals surface area contributed by atoms with Gasteiger partial charge in [0.15, 0.2) is 5.69 Å². The minimum Gasteiger partial charge on any atom is -0.358 e. The Morgan fingerprint density at radius 1 is 1.47 bits per heavy atom. The van der Waals surface area contributed by atoms with E-state index in [0.29, 0.717) is 13.1 Å². The number of nitrogens with zero attached hydrogens (tertiary/aromatic N) is 6. The minimum absolute atomic E-state index is 0.0916. The lowest BCUT2D eigenvalue weighted by Gasteiger charge is -1.97. The molecule has 1 amide bonds. The number of carbonyl (C=O) groups excluding carboxylic acids is 1. The number of amides is 1. The summed E-state index contributed by atoms with van der Waals surface area (Å²) < 4.78 is 2.82. The Morgan fingerprint density at radius 3 is 2.84 bits per heavy atom. The number of hydrogen-bond acceptors (Lipinski definition) is 7. The molecular weight excluding hydrogens is 256 g/mol. The van der Waals surface area contributed by atoms with E-state index in [1.165, 1.54) is 27.8 Å². The fourth-order valence-corrected chi connectivity index (χ4v) is 1.36. The van der Waals surface area contributed by atoms with E-state index in [-0.39, 0.29) is 11.5 Å². The number of nitrogen functional groups attached to an aromatic ring is 1. The molecule has 2 heterocycles. The lowest BCUT2D eigenvalue weighted by Crippen LogP contribution is -2.30. The van der Waals surface area contributed by atoms with Crippen molar-refractivity contribution in [2.75, 3.05) is 0 Å². The first kappa shape index (κ1) is 12.6. The molecule has 0 saturated heterocycles. The Morgan fingerprint density at radius 2 is 2.21 bits per heavy atom. The Kier molecular flexibility index (Phi) is 3.47. The second-order valence-electron chi connectivity index (χ2n) is 3.53. The summed E-state index contributed by atoms with van der Waals surface area (Å²) in [7, 11) is 0. The third-order valence-corrected chi connectivity index (χ3v) is 2.27. The maximum absolute atomic E-state index is 11.1. The first-order chi connectivity index (χ1) is 9.10. The lowest BCUT2D eigenvalue weighted by atomic mass is 10.4. The molecule has 0 saturated carbocycles. The minimum atomic E-state index is -0.574. The van der Waals surface area contributed by atoms with Gasteiger partial charge in [-0.15, -0.1) is 5.10 Å². The molecule has 19 heavy (non-hydrogen) atoms. The van der Waals surface area contributed by atoms with Crippen molar-refractivity contribution in [2.24, 2.45) is 5.84 Å². The van der Waals surface area contributed by atoms with Crippen LogP contribution < -0.4 is 11.3 Å². The molecule has 2 aromatic rings. The molecule has 0 fully saturated rings. The quantitative estimate of drug-likeness (QED) is 0.295. The van der Waals surface area contributed by atoms with E-state index in [4.69, 9.17) is 5.84 Å². The summed E-state index contributed by atoms with van der Waals surface area (Å²) in [6, 6.07) is 1.30. The molecular formula is C8H10N8O3. The normalized spacial score (nSPS) is 10.4. The van der Waals surface area contributed by atoms with Crippen LogP contribution in [0.2, 0.25) is 0 Å². The lowest BCUT2D eigenvalue weighted by molar-refractivity contribution is -0.389. The molecule has 0 bridgehead atoms. The van der Waals surface area contributed by atoms with Gasteiger partial charge in [0, 0.05) is 0 Å². The zero-order chi connectivity index (χ0) is 13.8. The number of nitrogens with two attached hydrogens (primary N) is 1. The fourth-order valence-electron chi connectivity index (χ4n) is 1.36. The molecule has 2 aromatic heterocycles. The Balaban J connectivity index is 1.96. The smallest absolute Gasteiger partial charge is 0.358 e. The number of aromatic nitrogens is 5. The first-order valence-corrected chi connectivity index (χ1v) is 5.19. The van der Waals surface area contributed by atoms with Crippen LogP contribution in [0.1, 0.15) is 10.5 Å². The predicted molar refractivity (Wildman–Crippen MR) is 60.6 cm³/mol. The van der Waals surface area contributed by atoms with E-state index < -0.39 is 10.8 Å². The van der Waals surface area contributed by atoms with E-state index in [2.05, 4.69) is 15.4 Å². The summed E-state index contributed by atoms with van der Waals surface area (Å²) in [6.45, 7) is 0.727. The standard InChI is InChI=1S/C8H10N8O3/c9-10-8(17)6-5-15(13-11-6)4-3-14-2-1-7(12-14)16(18)19/h1-2,5H,3-4,9H2,(H,10,17). The molecule has 3 N–H and O–H groups in total. The van der Waals surface area contributed by atoms with Gasteiger partial charge in [-0.1, -0.05) is 5.21 Å². The molecule has 0 aliphatic heterocycles. The van der Waals surface area contributed by atoms with Gasteiger partial charge >= 0.3 is 5.82 Å². The molecule has 0 atom stereocenters. The van der Waals surface area contributed by atoms with Crippen molar-refractivity contribution >= 4 is 11.7 Å². The molecule has 11 heteroatoms. The van der Waals surface area contributed by atoms with Gasteiger partial charge in [0.1, 0.15) is 0 Å². The molecule has 11 nitrogen and oxygen atoms in total. The van der Waals surface area contributed by atoms with Gasteiger partial charge in [0.05, 0.1) is 36.6 Å². The van der Waals surface area contributed by atoms with E-state index in [9.17, 15) is 14.9 Å². The Bertz CT molecular complexity index is 603. The monoisotopic (exact) mass is 266 g/mol. The maximum Gasteiger partial charge on any atom is 0.389 e. The van der Waals surface area contributed by atoms with Crippen molar-refractivity contribution in [1.82, 2.24) is 30.2 Å². The van der Waals surface area contributed by atoms with Gasteiger partial charge in [-0.3, -0.25) is 10.2 Å². The van der Waals surface area contributed by atoms with Crippen molar-refractivity contribution in [3.63, 3.8) is 0 Å². The molecule has 0 aromatic carbocycles. The topological polar surface area (TPSA) is 147 Å². The zero-order valence-electron chi connectivity index (χ0n) is 9.63. The van der Waals surface area contributed by atoms with Crippen LogP contribution >= 0.6 is 0 Å². The summed E-state index contributed by atoms with van der Waals surface area (Å²) in [4.78, 5) is 21.0. The zero-order valence-corrected chi connectivity index (χ0v) is 9.63. The Hall–Kier alpha value is -2.82. The molecule has 0 unspecified atom stereocenters. The number of rotatable bonds is 5. The second kappa shape index (κ2) is 5.22. The van der Waals surface area contributed by atoms with Crippen molar-refractivity contribution in [3.05, 3.63) is 34.3 Å². The van der Waals surface area contributed by atoms with E-state index in [0.717, 1.165) is 0 Å². The largest absolute Gasteiger partial charge is 0.389 e. The molecule has 2 rings (SSSR count). The summed E-state index contributed by atoms with van der Waals surface area (Å²) in [6.07, 6.45) is 2.91. The number of carbonyl (C=O) groups is 1. The second-order valence-corrected chi connectivity index (χ2v) is 3.53. The van der Waals surface area contributed by atoms with Crippen molar-refractivity contribution in [3.8, 4) is 0 Å². The summed E-state index contributed by atoms with van der Waals surface area (Å²) in [5.41, 5.74) is 2.03. The number of aryl methyl sites for hydroxylation is 2. The van der Waals surface area contributed by atoms with Crippen LogP contribution in [0.4, 0.5) is 5.82 Å². The highest BCUT2D eigenvalue weighted by Gasteiger charge is 2.12. The van der Waals surface area contributed by atoms with Gasteiger partial charge in [0.2, 0.25) is 0 Å². The number of nitro groups is 1. The van der Waals surface area contributed by atoms with Gasteiger partial charge in [0.25, 0.3) is 5.91 Å². The van der Waals surface area contributed by atoms with Crippen molar-refractivity contribution in [1.29, 1.82) is 0 Å². The van der Waals surface area contributed by atoms with Gasteiger partial charge in [-0.25, -0.2) is 10.5 Å². The third-order valence-electron chi connectivity index (χ3n) is 2.27. The highest BCUT2D eigenvalue weighted by Crippen LogP contribution is 2.05. The van der Waals surface area contributed by atoms with Gasteiger partial charge < -0.3 is 10.1 Å². The van der Waals surface area contributed by atoms with Crippen LogP contribution in [0, 0.1) is 10.1 Å². The Labute approximate surface area is 106 Å². The van der Waals surface area contributed by atoms with Crippen LogP contribution in [-0.4, -0.2) is 35.6 Å².